The van der Waals surface area contributed by atoms with E-state index in [1.54, 1.807) is 32.0 Å². The Balaban J connectivity index is 1.67. The third kappa shape index (κ3) is 8.62. The van der Waals surface area contributed by atoms with E-state index in [2.05, 4.69) is 0 Å². The normalized spacial score (nSPS) is 16.4. The smallest absolute Gasteiger partial charge is 0.416 e. The van der Waals surface area contributed by atoms with Gasteiger partial charge in [0.1, 0.15) is 5.75 Å². The number of ether oxygens (including phenoxy) is 3. The fraction of sp³-hybridized carbons (Fsp3) is 0.438. The van der Waals surface area contributed by atoms with Gasteiger partial charge in [-0.1, -0.05) is 36.4 Å². The number of carbonyl (C=O) groups is 2. The molecule has 2 aliphatic rings. The Hall–Kier alpha value is -3.75. The van der Waals surface area contributed by atoms with Gasteiger partial charge in [0.25, 0.3) is 0 Å². The van der Waals surface area contributed by atoms with Crippen molar-refractivity contribution in [1.29, 1.82) is 0 Å². The molecular formula is C32H36F3NO5. The van der Waals surface area contributed by atoms with Crippen LogP contribution in [0.15, 0.2) is 60.7 Å². The van der Waals surface area contributed by atoms with Crippen molar-refractivity contribution < 1.29 is 37.0 Å². The first-order valence-corrected chi connectivity index (χ1v) is 14.0. The number of benzene rings is 2. The summed E-state index contributed by atoms with van der Waals surface area (Å²) in [5, 5.41) is 0. The summed E-state index contributed by atoms with van der Waals surface area (Å²) in [4.78, 5) is 26.6. The highest BCUT2D eigenvalue weighted by molar-refractivity contribution is 5.78. The molecule has 0 radical (unpaired) electrons. The minimum atomic E-state index is -4.57. The first-order chi connectivity index (χ1) is 19.7. The monoisotopic (exact) mass is 571 g/mol. The van der Waals surface area contributed by atoms with Crippen LogP contribution in [0, 0.1) is 11.8 Å². The van der Waals surface area contributed by atoms with Gasteiger partial charge in [-0.05, 0) is 80.0 Å². The van der Waals surface area contributed by atoms with Gasteiger partial charge in [-0.15, -0.1) is 0 Å². The number of nitrogens with zero attached hydrogens (tertiary/aromatic N) is 1. The molecule has 220 valence electrons. The van der Waals surface area contributed by atoms with Crippen molar-refractivity contribution in [2.45, 2.75) is 52.3 Å². The number of hydrogen-bond acceptors (Lipinski definition) is 5. The van der Waals surface area contributed by atoms with E-state index in [-0.39, 0.29) is 38.6 Å². The zero-order chi connectivity index (χ0) is 29.4. The number of amides is 1. The molecule has 0 aromatic heterocycles. The highest BCUT2D eigenvalue weighted by Gasteiger charge is 2.32. The fourth-order valence-electron chi connectivity index (χ4n) is 4.59. The summed E-state index contributed by atoms with van der Waals surface area (Å²) in [5.74, 6) is 0.614. The highest BCUT2D eigenvalue weighted by Crippen LogP contribution is 2.39. The minimum absolute atomic E-state index is 0.0118. The van der Waals surface area contributed by atoms with Crippen molar-refractivity contribution in [3.05, 3.63) is 77.4 Å². The zero-order valence-electron chi connectivity index (χ0n) is 23.4. The third-order valence-corrected chi connectivity index (χ3v) is 7.08. The first-order valence-electron chi connectivity index (χ1n) is 14.0. The Morgan fingerprint density at radius 3 is 2.44 bits per heavy atom. The average Bonchev–Trinajstić information content (AvgIpc) is 3.78. The molecule has 1 unspecified atom stereocenters. The van der Waals surface area contributed by atoms with Crippen LogP contribution in [0.2, 0.25) is 0 Å². The number of alkyl halides is 3. The molecule has 41 heavy (non-hydrogen) atoms. The lowest BCUT2D eigenvalue weighted by molar-refractivity contribution is -0.142. The molecule has 0 spiro atoms. The first kappa shape index (κ1) is 30.2. The van der Waals surface area contributed by atoms with Crippen LogP contribution in [-0.2, 0) is 33.4 Å². The predicted octanol–water partition coefficient (Wildman–Crippen LogP) is 7.36. The number of rotatable bonds is 12. The van der Waals surface area contributed by atoms with Gasteiger partial charge in [0, 0.05) is 24.6 Å². The molecule has 9 heteroatoms. The van der Waals surface area contributed by atoms with Crippen LogP contribution in [0.5, 0.6) is 5.75 Å². The van der Waals surface area contributed by atoms with Crippen LogP contribution >= 0.6 is 0 Å². The van der Waals surface area contributed by atoms with Crippen molar-refractivity contribution >= 4 is 12.1 Å². The molecule has 1 amide bonds. The second-order valence-corrected chi connectivity index (χ2v) is 10.3. The molecule has 6 nitrogen and oxygen atoms in total. The molecule has 1 fully saturated rings. The molecular weight excluding hydrogens is 535 g/mol. The summed E-state index contributed by atoms with van der Waals surface area (Å²) in [5.41, 5.74) is 1.16. The van der Waals surface area contributed by atoms with Crippen molar-refractivity contribution in [3.8, 4) is 16.9 Å². The van der Waals surface area contributed by atoms with E-state index in [1.165, 1.54) is 11.0 Å². The van der Waals surface area contributed by atoms with E-state index in [9.17, 15) is 22.8 Å². The zero-order valence-corrected chi connectivity index (χ0v) is 23.4. The minimum Gasteiger partial charge on any atom is -0.493 e. The van der Waals surface area contributed by atoms with Gasteiger partial charge in [-0.3, -0.25) is 4.79 Å². The van der Waals surface area contributed by atoms with Crippen LogP contribution < -0.4 is 4.74 Å². The molecule has 0 bridgehead atoms. The molecule has 0 N–H and O–H groups in total. The average molecular weight is 572 g/mol. The van der Waals surface area contributed by atoms with Crippen molar-refractivity contribution in [2.24, 2.45) is 11.8 Å². The highest BCUT2D eigenvalue weighted by atomic mass is 19.4. The van der Waals surface area contributed by atoms with Crippen LogP contribution in [0.25, 0.3) is 11.1 Å². The van der Waals surface area contributed by atoms with Crippen LogP contribution in [0.1, 0.15) is 49.8 Å². The summed E-state index contributed by atoms with van der Waals surface area (Å²) in [6.45, 7) is 4.54. The standard InChI is InChI=1S/C32H36F3NO5/c1-3-36(31(38)41-21-22-8-6-5-7-9-22)19-25-18-26(32(33,34)35)13-14-27(25)28-16-24(17-30(37)39-4-2)12-15-29(28)40-20-23-10-11-23/h5-8,12-16,18,22-23H,3-4,9-11,17,19-21H2,1-2H3. The second-order valence-electron chi connectivity index (χ2n) is 10.3. The summed E-state index contributed by atoms with van der Waals surface area (Å²) < 4.78 is 58.1. The van der Waals surface area contributed by atoms with Gasteiger partial charge >= 0.3 is 18.2 Å². The molecule has 1 saturated carbocycles. The van der Waals surface area contributed by atoms with Gasteiger partial charge < -0.3 is 19.1 Å². The molecule has 0 aliphatic heterocycles. The van der Waals surface area contributed by atoms with Gasteiger partial charge in [-0.2, -0.15) is 13.2 Å². The Kier molecular flexibility index (Phi) is 10.1. The van der Waals surface area contributed by atoms with E-state index in [4.69, 9.17) is 14.2 Å². The molecule has 4 rings (SSSR count). The largest absolute Gasteiger partial charge is 0.493 e. The maximum Gasteiger partial charge on any atom is 0.416 e. The topological polar surface area (TPSA) is 65.1 Å². The number of hydrogen-bond donors (Lipinski definition) is 0. The predicted molar refractivity (Wildman–Crippen MR) is 149 cm³/mol. The lowest BCUT2D eigenvalue weighted by Crippen LogP contribution is -2.32. The Morgan fingerprint density at radius 1 is 0.976 bits per heavy atom. The third-order valence-electron chi connectivity index (χ3n) is 7.08. The molecule has 1 atom stereocenters. The van der Waals surface area contributed by atoms with Gasteiger partial charge in [0.2, 0.25) is 0 Å². The maximum atomic E-state index is 13.8. The molecule has 0 heterocycles. The summed E-state index contributed by atoms with van der Waals surface area (Å²) >= 11 is 0. The number of halogens is 3. The van der Waals surface area contributed by atoms with Gasteiger partial charge in [0.05, 0.1) is 31.8 Å². The molecule has 2 aromatic rings. The second kappa shape index (κ2) is 13.7. The van der Waals surface area contributed by atoms with Crippen molar-refractivity contribution in [2.75, 3.05) is 26.4 Å². The van der Waals surface area contributed by atoms with Crippen molar-refractivity contribution in [3.63, 3.8) is 0 Å². The Morgan fingerprint density at radius 2 is 1.78 bits per heavy atom. The van der Waals surface area contributed by atoms with E-state index < -0.39 is 23.8 Å². The fourth-order valence-corrected chi connectivity index (χ4v) is 4.59. The number of esters is 1. The molecule has 2 aromatic carbocycles. The summed E-state index contributed by atoms with van der Waals surface area (Å²) in [7, 11) is 0. The van der Waals surface area contributed by atoms with E-state index in [1.807, 2.05) is 24.3 Å². The van der Waals surface area contributed by atoms with E-state index >= 15 is 0 Å². The Labute approximate surface area is 238 Å². The van der Waals surface area contributed by atoms with Crippen LogP contribution in [-0.4, -0.2) is 43.3 Å². The lowest BCUT2D eigenvalue weighted by Gasteiger charge is -2.24. The van der Waals surface area contributed by atoms with E-state index in [0.717, 1.165) is 31.4 Å². The molecule has 0 saturated heterocycles. The summed E-state index contributed by atoms with van der Waals surface area (Å²) in [6, 6.07) is 8.76. The molecule has 2 aliphatic carbocycles. The number of allylic oxidation sites excluding steroid dienone is 3. The van der Waals surface area contributed by atoms with E-state index in [0.29, 0.717) is 40.5 Å². The SMILES string of the molecule is CCOC(=O)Cc1ccc(OCC2CC2)c(-c2ccc(C(F)(F)F)cc2CN(CC)C(=O)OCC2C=CC=CC2)c1. The Bertz CT molecular complexity index is 1280. The quantitative estimate of drug-likeness (QED) is 0.249. The van der Waals surface area contributed by atoms with Crippen LogP contribution in [0.3, 0.4) is 0 Å². The van der Waals surface area contributed by atoms with Gasteiger partial charge in [0.15, 0.2) is 0 Å². The lowest BCUT2D eigenvalue weighted by atomic mass is 9.94. The van der Waals surface area contributed by atoms with Crippen molar-refractivity contribution in [1.82, 2.24) is 4.90 Å². The van der Waals surface area contributed by atoms with Gasteiger partial charge in [-0.25, -0.2) is 4.79 Å². The number of carbonyl (C=O) groups excluding carboxylic acids is 2. The van der Waals surface area contributed by atoms with Crippen LogP contribution in [0.4, 0.5) is 18.0 Å². The maximum absolute atomic E-state index is 13.8. The summed E-state index contributed by atoms with van der Waals surface area (Å²) in [6.07, 6.45) is 5.51.